The van der Waals surface area contributed by atoms with Crippen LogP contribution >= 0.6 is 0 Å². The minimum atomic E-state index is -0.724. The van der Waals surface area contributed by atoms with E-state index in [-0.39, 0.29) is 55.9 Å². The second-order valence-corrected chi connectivity index (χ2v) is 27.8. The largest absolute Gasteiger partial charge is 4.00 e. The van der Waals surface area contributed by atoms with Gasteiger partial charge in [0.15, 0.2) is 0 Å². The van der Waals surface area contributed by atoms with Crippen LogP contribution in [0.15, 0.2) is 0 Å². The molecule has 47 heavy (non-hydrogen) atoms. The second-order valence-electron chi connectivity index (χ2n) is 16.7. The van der Waals surface area contributed by atoms with Crippen LogP contribution in [0.4, 0.5) is 0 Å². The van der Waals surface area contributed by atoms with Crippen molar-refractivity contribution in [2.75, 3.05) is 0 Å². The molecule has 0 N–H and O–H groups in total. The van der Waals surface area contributed by atoms with Crippen LogP contribution in [0.1, 0.15) is 167 Å². The first-order valence-electron chi connectivity index (χ1n) is 19.4. The Labute approximate surface area is 335 Å². The molecule has 0 aromatic heterocycles. The third-order valence-electron chi connectivity index (χ3n) is 10.9. The summed E-state index contributed by atoms with van der Waals surface area (Å²) >= 11 is 0. The van der Waals surface area contributed by atoms with Crippen LogP contribution in [0.5, 0.6) is 0 Å². The number of hydrogen-bond acceptors (Lipinski definition) is 0. The van der Waals surface area contributed by atoms with Crippen LogP contribution in [-0.4, -0.2) is 16.1 Å². The van der Waals surface area contributed by atoms with Gasteiger partial charge >= 0.3 is 55.9 Å². The van der Waals surface area contributed by atoms with E-state index >= 15 is 0 Å². The first kappa shape index (κ1) is 52.2. The summed E-state index contributed by atoms with van der Waals surface area (Å²) in [4.78, 5) is 0. The molecule has 0 aromatic carbocycles. The van der Waals surface area contributed by atoms with Crippen LogP contribution in [-0.2, 0) is 55.9 Å². The normalized spacial score (nSPS) is 20.7. The fraction of sp³-hybridized carbons (Fsp3) is 0.857. The van der Waals surface area contributed by atoms with Crippen LogP contribution < -0.4 is 0 Å². The molecule has 0 saturated heterocycles. The Morgan fingerprint density at radius 1 is 0.404 bits per heavy atom. The van der Waals surface area contributed by atoms with E-state index in [9.17, 15) is 0 Å². The molecule has 5 heteroatoms. The van der Waals surface area contributed by atoms with Gasteiger partial charge in [-0.25, -0.2) is 5.92 Å². The van der Waals surface area contributed by atoms with Crippen molar-refractivity contribution in [2.45, 2.75) is 217 Å². The molecular formula is C42H74Fe2Si2Ti+6. The van der Waals surface area contributed by atoms with Crippen molar-refractivity contribution in [1.29, 1.82) is 0 Å². The van der Waals surface area contributed by atoms with E-state index in [4.69, 9.17) is 12.8 Å². The Morgan fingerprint density at radius 2 is 0.660 bits per heavy atom. The van der Waals surface area contributed by atoms with Gasteiger partial charge in [0.1, 0.15) is 0 Å². The van der Waals surface area contributed by atoms with Gasteiger partial charge < -0.3 is 18.8 Å². The van der Waals surface area contributed by atoms with E-state index in [2.05, 4.69) is 63.0 Å². The SMILES string of the molecule is C1CCCC1.C1CCCC1.C[Si](C)(C)C1CCCC1.C[Si](C)(C)C1CCCC1.[C-]#CC#CC1CCCC1.[C-]#CC1CCCC1.[Fe+2].[Fe+2].[Ti+4]. The average molecular weight is 795 g/mol. The predicted molar refractivity (Wildman–Crippen MR) is 203 cm³/mol. The maximum atomic E-state index is 6.75. The zero-order valence-electron chi connectivity index (χ0n) is 31.9. The molecule has 0 unspecified atom stereocenters. The molecule has 0 nitrogen and oxygen atoms in total. The van der Waals surface area contributed by atoms with Crippen molar-refractivity contribution in [3.05, 3.63) is 12.8 Å². The molecule has 0 amide bonds. The van der Waals surface area contributed by atoms with Crippen LogP contribution in [0.2, 0.25) is 50.4 Å². The molecule has 6 fully saturated rings. The molecule has 6 aliphatic carbocycles. The molecule has 0 aromatic rings. The standard InChI is InChI=1S/C9H9.2C8H18Si.C7H9.2C5H10.2Fe.Ti/c1-2-3-6-9-7-4-5-8-9;2*1-9(2,3)8-6-4-5-7-8;1-2-7-5-3-4-6-7;2*1-2-4-5-3-1;;;/h9H,4-5,7-8H2;2*8H,4-7H2,1-3H3;7H,3-6H2;2*1-5H2;;;/q-1;;;-1;;;2*+2;+4. The maximum Gasteiger partial charge on any atom is 4.00 e. The second kappa shape index (κ2) is 32.8. The van der Waals surface area contributed by atoms with Crippen molar-refractivity contribution in [2.24, 2.45) is 11.8 Å². The minimum absolute atomic E-state index is 0. The van der Waals surface area contributed by atoms with Gasteiger partial charge in [-0.1, -0.05) is 181 Å². The van der Waals surface area contributed by atoms with Gasteiger partial charge in [-0.05, 0) is 42.7 Å². The van der Waals surface area contributed by atoms with Gasteiger partial charge in [0.2, 0.25) is 0 Å². The number of rotatable bonds is 2. The van der Waals surface area contributed by atoms with Crippen molar-refractivity contribution >= 4 is 16.1 Å². The van der Waals surface area contributed by atoms with Gasteiger partial charge in [-0.2, -0.15) is 0 Å². The van der Waals surface area contributed by atoms with Crippen molar-refractivity contribution in [3.63, 3.8) is 0 Å². The van der Waals surface area contributed by atoms with Gasteiger partial charge in [0.05, 0.1) is 0 Å². The maximum absolute atomic E-state index is 6.75. The zero-order chi connectivity index (χ0) is 32.5. The summed E-state index contributed by atoms with van der Waals surface area (Å²) in [6.45, 7) is 15.0. The quantitative estimate of drug-likeness (QED) is 0.148. The molecule has 0 radical (unpaired) electrons. The summed E-state index contributed by atoms with van der Waals surface area (Å²) in [5.74, 6) is 11.2. The third kappa shape index (κ3) is 29.2. The van der Waals surface area contributed by atoms with E-state index in [1.54, 1.807) is 0 Å². The molecule has 6 rings (SSSR count). The molecule has 0 atom stereocenters. The Morgan fingerprint density at radius 3 is 0.851 bits per heavy atom. The summed E-state index contributed by atoms with van der Waals surface area (Å²) in [5, 5.41) is 0. The molecular weight excluding hydrogens is 720 g/mol. The average Bonchev–Trinajstić information content (AvgIpc) is 3.87. The van der Waals surface area contributed by atoms with E-state index in [0.717, 1.165) is 11.1 Å². The van der Waals surface area contributed by atoms with Crippen LogP contribution in [0.3, 0.4) is 0 Å². The fourth-order valence-corrected chi connectivity index (χ4v) is 11.9. The van der Waals surface area contributed by atoms with Gasteiger partial charge in [0, 0.05) is 22.1 Å². The Hall–Kier alpha value is 0.867. The molecule has 0 aliphatic heterocycles. The van der Waals surface area contributed by atoms with Gasteiger partial charge in [-0.15, -0.1) is 0 Å². The van der Waals surface area contributed by atoms with Gasteiger partial charge in [-0.3, -0.25) is 11.8 Å². The van der Waals surface area contributed by atoms with E-state index in [0.29, 0.717) is 11.8 Å². The molecule has 0 spiro atoms. The molecule has 6 aliphatic rings. The summed E-state index contributed by atoms with van der Waals surface area (Å²) < 4.78 is 0. The van der Waals surface area contributed by atoms with Crippen LogP contribution in [0.25, 0.3) is 0 Å². The molecule has 0 bridgehead atoms. The number of hydrogen-bond donors (Lipinski definition) is 0. The Kier molecular flexibility index (Phi) is 36.4. The smallest absolute Gasteiger partial charge is 0.693 e. The van der Waals surface area contributed by atoms with E-state index in [1.165, 1.54) is 167 Å². The van der Waals surface area contributed by atoms with Crippen molar-refractivity contribution in [1.82, 2.24) is 0 Å². The van der Waals surface area contributed by atoms with Gasteiger partial charge in [0.25, 0.3) is 0 Å². The Bertz CT molecular complexity index is 768. The first-order chi connectivity index (χ1) is 21.1. The molecule has 0 heterocycles. The molecule has 6 saturated carbocycles. The van der Waals surface area contributed by atoms with Crippen LogP contribution in [0, 0.1) is 48.4 Å². The Balaban J connectivity index is -0.000000494. The molecule has 264 valence electrons. The predicted octanol–water partition coefficient (Wildman–Crippen LogP) is 14.0. The minimum Gasteiger partial charge on any atom is -0.693 e. The summed E-state index contributed by atoms with van der Waals surface area (Å²) in [5.41, 5.74) is 2.30. The van der Waals surface area contributed by atoms with Crippen molar-refractivity contribution in [3.8, 4) is 23.7 Å². The zero-order valence-corrected chi connectivity index (χ0v) is 37.7. The fourth-order valence-electron chi connectivity index (χ4n) is 7.63. The topological polar surface area (TPSA) is 0 Å². The summed E-state index contributed by atoms with van der Waals surface area (Å²) in [6, 6.07) is 0. The van der Waals surface area contributed by atoms with E-state index < -0.39 is 16.1 Å². The third-order valence-corrected chi connectivity index (χ3v) is 17.0. The first-order valence-corrected chi connectivity index (χ1v) is 26.6. The summed E-state index contributed by atoms with van der Waals surface area (Å²) in [6.07, 6.45) is 50.6. The van der Waals surface area contributed by atoms with Crippen molar-refractivity contribution < 1.29 is 55.9 Å². The van der Waals surface area contributed by atoms with E-state index in [1.807, 2.05) is 0 Å². The monoisotopic (exact) mass is 794 g/mol. The summed E-state index contributed by atoms with van der Waals surface area (Å²) in [7, 11) is -1.45.